The van der Waals surface area contributed by atoms with Crippen LogP contribution in [0.1, 0.15) is 21.5 Å². The van der Waals surface area contributed by atoms with Gasteiger partial charge in [0.1, 0.15) is 17.0 Å². The molecule has 1 heterocycles. The maximum atomic E-state index is 12.9. The van der Waals surface area contributed by atoms with Gasteiger partial charge in [-0.15, -0.1) is 0 Å². The highest BCUT2D eigenvalue weighted by molar-refractivity contribution is 6.09. The molecule has 21 heavy (non-hydrogen) atoms. The van der Waals surface area contributed by atoms with E-state index in [2.05, 4.69) is 0 Å². The number of hydrogen-bond donors (Lipinski definition) is 0. The molecule has 0 atom stereocenters. The van der Waals surface area contributed by atoms with Crippen molar-refractivity contribution >= 4 is 16.8 Å². The molecular formula is C17H11FO3. The van der Waals surface area contributed by atoms with Gasteiger partial charge in [0.15, 0.2) is 5.78 Å². The molecule has 0 bridgehead atoms. The number of ketones is 1. The van der Waals surface area contributed by atoms with Crippen LogP contribution in [-0.2, 0) is 0 Å². The van der Waals surface area contributed by atoms with Crippen molar-refractivity contribution in [2.75, 3.05) is 0 Å². The maximum Gasteiger partial charge on any atom is 0.347 e. The predicted molar refractivity (Wildman–Crippen MR) is 77.1 cm³/mol. The molecule has 1 aromatic heterocycles. The van der Waals surface area contributed by atoms with Crippen LogP contribution in [0.4, 0.5) is 4.39 Å². The standard InChI is InChI=1S/C17H11FO3/c1-10-2-7-15-12(8-10)9-14(17(20)21-15)16(19)11-3-5-13(18)6-4-11/h2-9H,1H3. The first-order valence-corrected chi connectivity index (χ1v) is 6.39. The van der Waals surface area contributed by atoms with E-state index in [4.69, 9.17) is 4.42 Å². The summed E-state index contributed by atoms with van der Waals surface area (Å²) in [4.78, 5) is 24.3. The van der Waals surface area contributed by atoms with Crippen LogP contribution < -0.4 is 5.63 Å². The molecule has 0 unspecified atom stereocenters. The van der Waals surface area contributed by atoms with Crippen molar-refractivity contribution in [1.82, 2.24) is 0 Å². The molecule has 3 rings (SSSR count). The van der Waals surface area contributed by atoms with Crippen molar-refractivity contribution in [3.8, 4) is 0 Å². The number of hydrogen-bond acceptors (Lipinski definition) is 3. The molecule has 3 aromatic rings. The highest BCUT2D eigenvalue weighted by Crippen LogP contribution is 2.17. The molecule has 0 aliphatic rings. The molecule has 0 saturated heterocycles. The van der Waals surface area contributed by atoms with Gasteiger partial charge in [0.05, 0.1) is 0 Å². The van der Waals surface area contributed by atoms with Crippen LogP contribution in [0.15, 0.2) is 57.7 Å². The highest BCUT2D eigenvalue weighted by Gasteiger charge is 2.15. The summed E-state index contributed by atoms with van der Waals surface area (Å²) >= 11 is 0. The van der Waals surface area contributed by atoms with Crippen LogP contribution in [0.3, 0.4) is 0 Å². The minimum absolute atomic E-state index is 0.0558. The minimum atomic E-state index is -0.694. The molecule has 0 N–H and O–H groups in total. The lowest BCUT2D eigenvalue weighted by molar-refractivity contribution is 0.103. The number of rotatable bonds is 2. The fourth-order valence-electron chi connectivity index (χ4n) is 2.16. The van der Waals surface area contributed by atoms with Crippen LogP contribution in [0, 0.1) is 12.7 Å². The van der Waals surface area contributed by atoms with Crippen LogP contribution in [0.25, 0.3) is 11.0 Å². The summed E-state index contributed by atoms with van der Waals surface area (Å²) < 4.78 is 18.1. The van der Waals surface area contributed by atoms with Gasteiger partial charge in [-0.1, -0.05) is 11.6 Å². The molecule has 0 aliphatic heterocycles. The van der Waals surface area contributed by atoms with Gasteiger partial charge in [-0.2, -0.15) is 0 Å². The number of benzene rings is 2. The van der Waals surface area contributed by atoms with Crippen LogP contribution >= 0.6 is 0 Å². The monoisotopic (exact) mass is 282 g/mol. The maximum absolute atomic E-state index is 12.9. The van der Waals surface area contributed by atoms with Crippen molar-refractivity contribution in [1.29, 1.82) is 0 Å². The molecule has 0 fully saturated rings. The van der Waals surface area contributed by atoms with Crippen LogP contribution in [-0.4, -0.2) is 5.78 Å². The summed E-state index contributed by atoms with van der Waals surface area (Å²) in [5.74, 6) is -0.917. The largest absolute Gasteiger partial charge is 0.422 e. The number of carbonyl (C=O) groups excluding carboxylic acids is 1. The predicted octanol–water partition coefficient (Wildman–Crippen LogP) is 3.47. The summed E-state index contributed by atoms with van der Waals surface area (Å²) in [7, 11) is 0. The summed E-state index contributed by atoms with van der Waals surface area (Å²) in [6, 6.07) is 11.9. The summed E-state index contributed by atoms with van der Waals surface area (Å²) in [6.07, 6.45) is 0. The average molecular weight is 282 g/mol. The molecule has 2 aromatic carbocycles. The second kappa shape index (κ2) is 4.98. The van der Waals surface area contributed by atoms with Gasteiger partial charge in [-0.25, -0.2) is 9.18 Å². The van der Waals surface area contributed by atoms with Gasteiger partial charge in [0.2, 0.25) is 0 Å². The van der Waals surface area contributed by atoms with Gasteiger partial charge in [-0.3, -0.25) is 4.79 Å². The third-order valence-corrected chi connectivity index (χ3v) is 3.24. The number of aryl methyl sites for hydroxylation is 1. The smallest absolute Gasteiger partial charge is 0.347 e. The fraction of sp³-hybridized carbons (Fsp3) is 0.0588. The lowest BCUT2D eigenvalue weighted by atomic mass is 10.0. The Labute approximate surface area is 119 Å². The second-order valence-electron chi connectivity index (χ2n) is 4.82. The Kier molecular flexibility index (Phi) is 3.14. The van der Waals surface area contributed by atoms with E-state index in [0.717, 1.165) is 5.56 Å². The zero-order valence-electron chi connectivity index (χ0n) is 11.2. The van der Waals surface area contributed by atoms with E-state index in [-0.39, 0.29) is 11.1 Å². The van der Waals surface area contributed by atoms with Crippen molar-refractivity contribution in [3.05, 3.63) is 81.5 Å². The van der Waals surface area contributed by atoms with Crippen molar-refractivity contribution in [3.63, 3.8) is 0 Å². The molecule has 104 valence electrons. The highest BCUT2D eigenvalue weighted by atomic mass is 19.1. The van der Waals surface area contributed by atoms with Gasteiger partial charge in [-0.05, 0) is 49.4 Å². The Hall–Kier alpha value is -2.75. The summed E-state index contributed by atoms with van der Waals surface area (Å²) in [5, 5.41) is 0.681. The minimum Gasteiger partial charge on any atom is -0.422 e. The third-order valence-electron chi connectivity index (χ3n) is 3.24. The molecule has 0 saturated carbocycles. The lowest BCUT2D eigenvalue weighted by Gasteiger charge is -2.03. The van der Waals surface area contributed by atoms with Gasteiger partial charge in [0, 0.05) is 10.9 Å². The first-order chi connectivity index (χ1) is 10.0. The van der Waals surface area contributed by atoms with Crippen molar-refractivity contribution < 1.29 is 13.6 Å². The first kappa shape index (κ1) is 13.2. The third kappa shape index (κ3) is 2.48. The van der Waals surface area contributed by atoms with Crippen LogP contribution in [0.5, 0.6) is 0 Å². The van der Waals surface area contributed by atoms with E-state index >= 15 is 0 Å². The Morgan fingerprint density at radius 3 is 2.48 bits per heavy atom. The van der Waals surface area contributed by atoms with E-state index in [0.29, 0.717) is 11.0 Å². The SMILES string of the molecule is Cc1ccc2oc(=O)c(C(=O)c3ccc(F)cc3)cc2c1. The van der Waals surface area contributed by atoms with E-state index in [1.165, 1.54) is 30.3 Å². The summed E-state index contributed by atoms with van der Waals surface area (Å²) in [6.45, 7) is 1.91. The number of halogens is 1. The van der Waals surface area contributed by atoms with Gasteiger partial charge < -0.3 is 4.42 Å². The lowest BCUT2D eigenvalue weighted by Crippen LogP contribution is -2.14. The number of fused-ring (bicyclic) bond motifs is 1. The topological polar surface area (TPSA) is 47.3 Å². The first-order valence-electron chi connectivity index (χ1n) is 6.39. The average Bonchev–Trinajstić information content (AvgIpc) is 2.47. The number of carbonyl (C=O) groups is 1. The zero-order valence-corrected chi connectivity index (χ0v) is 11.2. The normalized spacial score (nSPS) is 10.8. The quantitative estimate of drug-likeness (QED) is 0.534. The molecule has 0 amide bonds. The van der Waals surface area contributed by atoms with E-state index in [1.807, 2.05) is 19.1 Å². The molecule has 4 heteroatoms. The fourth-order valence-corrected chi connectivity index (χ4v) is 2.16. The molecule has 3 nitrogen and oxygen atoms in total. The molecule has 0 spiro atoms. The van der Waals surface area contributed by atoms with E-state index in [9.17, 15) is 14.0 Å². The van der Waals surface area contributed by atoms with Crippen LogP contribution in [0.2, 0.25) is 0 Å². The Morgan fingerprint density at radius 1 is 1.05 bits per heavy atom. The Morgan fingerprint density at radius 2 is 1.76 bits per heavy atom. The molecular weight excluding hydrogens is 271 g/mol. The van der Waals surface area contributed by atoms with E-state index in [1.54, 1.807) is 6.07 Å². The Bertz CT molecular complexity index is 892. The van der Waals surface area contributed by atoms with Crippen molar-refractivity contribution in [2.24, 2.45) is 0 Å². The second-order valence-corrected chi connectivity index (χ2v) is 4.82. The Balaban J connectivity index is 2.15. The van der Waals surface area contributed by atoms with E-state index < -0.39 is 17.2 Å². The molecule has 0 aliphatic carbocycles. The summed E-state index contributed by atoms with van der Waals surface area (Å²) in [5.41, 5.74) is 0.925. The van der Waals surface area contributed by atoms with Gasteiger partial charge >= 0.3 is 5.63 Å². The van der Waals surface area contributed by atoms with Crippen molar-refractivity contribution in [2.45, 2.75) is 6.92 Å². The molecule has 0 radical (unpaired) electrons. The zero-order chi connectivity index (χ0) is 15.0. The van der Waals surface area contributed by atoms with Gasteiger partial charge in [0.25, 0.3) is 0 Å².